The molecule has 8 heteroatoms. The monoisotopic (exact) mass is 439 g/mol. The van der Waals surface area contributed by atoms with Crippen LogP contribution in [-0.4, -0.2) is 54.0 Å². The number of halogens is 1. The van der Waals surface area contributed by atoms with E-state index in [1.54, 1.807) is 4.90 Å². The van der Waals surface area contributed by atoms with Gasteiger partial charge in [0.2, 0.25) is 11.8 Å². The molecule has 0 bridgehead atoms. The zero-order valence-electron chi connectivity index (χ0n) is 17.4. The summed E-state index contributed by atoms with van der Waals surface area (Å²) in [5.41, 5.74) is 6.67. The average molecular weight is 440 g/mol. The van der Waals surface area contributed by atoms with Gasteiger partial charge >= 0.3 is 5.97 Å². The Morgan fingerprint density at radius 2 is 1.87 bits per heavy atom. The molecule has 1 saturated heterocycles. The Hall–Kier alpha value is -2.12. The maximum atomic E-state index is 12.7. The molecular formula is C22H34ClN3O4. The summed E-state index contributed by atoms with van der Waals surface area (Å²) in [4.78, 5) is 37.7. The molecule has 2 atom stereocenters. The van der Waals surface area contributed by atoms with Crippen LogP contribution in [0.5, 0.6) is 0 Å². The Bertz CT molecular complexity index is 672. The highest BCUT2D eigenvalue weighted by molar-refractivity contribution is 5.86. The van der Waals surface area contributed by atoms with Crippen molar-refractivity contribution in [1.29, 1.82) is 0 Å². The molecule has 30 heavy (non-hydrogen) atoms. The molecule has 0 saturated carbocycles. The number of nitrogens with zero attached hydrogens (tertiary/aromatic N) is 1. The highest BCUT2D eigenvalue weighted by Gasteiger charge is 2.41. The van der Waals surface area contributed by atoms with E-state index in [0.717, 1.165) is 32.1 Å². The van der Waals surface area contributed by atoms with Crippen LogP contribution in [0.1, 0.15) is 44.1 Å². The highest BCUT2D eigenvalue weighted by atomic mass is 35.5. The number of aryl methyl sites for hydroxylation is 1. The normalized spacial score (nSPS) is 18.2. The van der Waals surface area contributed by atoms with E-state index in [4.69, 9.17) is 5.73 Å². The number of likely N-dealkylation sites (tertiary alicyclic amines) is 1. The van der Waals surface area contributed by atoms with E-state index < -0.39 is 11.9 Å². The molecule has 0 spiro atoms. The number of carboxylic acid groups (broad SMARTS) is 1. The molecule has 0 aliphatic carbocycles. The lowest BCUT2D eigenvalue weighted by atomic mass is 9.92. The first-order valence-electron chi connectivity index (χ1n) is 10.5. The lowest BCUT2D eigenvalue weighted by molar-refractivity contribution is -0.142. The Morgan fingerprint density at radius 3 is 2.53 bits per heavy atom. The molecule has 1 aliphatic rings. The summed E-state index contributed by atoms with van der Waals surface area (Å²) in [5.74, 6) is -1.87. The largest absolute Gasteiger partial charge is 0.481 e. The van der Waals surface area contributed by atoms with Crippen LogP contribution in [0.25, 0.3) is 0 Å². The van der Waals surface area contributed by atoms with Crippen molar-refractivity contribution in [3.05, 3.63) is 35.9 Å². The van der Waals surface area contributed by atoms with Gasteiger partial charge in [-0.3, -0.25) is 14.4 Å². The number of carboxylic acids is 1. The topological polar surface area (TPSA) is 113 Å². The number of unbranched alkanes of at least 4 members (excludes halogenated alkanes) is 2. The van der Waals surface area contributed by atoms with Crippen LogP contribution in [0, 0.1) is 11.8 Å². The fraction of sp³-hybridized carbons (Fsp3) is 0.591. The zero-order valence-corrected chi connectivity index (χ0v) is 18.2. The fourth-order valence-electron chi connectivity index (χ4n) is 3.85. The lowest BCUT2D eigenvalue weighted by Crippen LogP contribution is -2.33. The minimum absolute atomic E-state index is 0. The van der Waals surface area contributed by atoms with E-state index in [1.165, 1.54) is 5.56 Å². The molecular weight excluding hydrogens is 406 g/mol. The summed E-state index contributed by atoms with van der Waals surface area (Å²) in [5, 5.41) is 12.1. The summed E-state index contributed by atoms with van der Waals surface area (Å²) in [6.45, 7) is 2.07. The molecule has 2 rings (SSSR count). The molecule has 0 radical (unpaired) electrons. The Kier molecular flexibility index (Phi) is 12.1. The van der Waals surface area contributed by atoms with Crippen molar-refractivity contribution in [3.8, 4) is 0 Å². The van der Waals surface area contributed by atoms with E-state index in [0.29, 0.717) is 32.6 Å². The molecule has 1 aliphatic heterocycles. The van der Waals surface area contributed by atoms with E-state index >= 15 is 0 Å². The van der Waals surface area contributed by atoms with Crippen LogP contribution < -0.4 is 11.1 Å². The quantitative estimate of drug-likeness (QED) is 0.408. The Morgan fingerprint density at radius 1 is 1.13 bits per heavy atom. The van der Waals surface area contributed by atoms with E-state index in [-0.39, 0.29) is 36.6 Å². The fourth-order valence-corrected chi connectivity index (χ4v) is 3.85. The molecule has 1 fully saturated rings. The first kappa shape index (κ1) is 25.9. The summed E-state index contributed by atoms with van der Waals surface area (Å²) < 4.78 is 0. The second-order valence-electron chi connectivity index (χ2n) is 7.74. The van der Waals surface area contributed by atoms with Gasteiger partial charge in [0.1, 0.15) is 0 Å². The van der Waals surface area contributed by atoms with Crippen LogP contribution in [-0.2, 0) is 20.8 Å². The van der Waals surface area contributed by atoms with Gasteiger partial charge in [-0.1, -0.05) is 36.8 Å². The zero-order chi connectivity index (χ0) is 21.1. The maximum absolute atomic E-state index is 12.7. The van der Waals surface area contributed by atoms with Crippen molar-refractivity contribution in [2.45, 2.75) is 44.9 Å². The summed E-state index contributed by atoms with van der Waals surface area (Å²) >= 11 is 0. The van der Waals surface area contributed by atoms with Gasteiger partial charge in [0.05, 0.1) is 12.3 Å². The molecule has 168 valence electrons. The number of benzene rings is 1. The van der Waals surface area contributed by atoms with E-state index in [9.17, 15) is 19.5 Å². The highest BCUT2D eigenvalue weighted by Crippen LogP contribution is 2.28. The van der Waals surface area contributed by atoms with Gasteiger partial charge in [0, 0.05) is 32.0 Å². The number of hydrogen-bond donors (Lipinski definition) is 3. The predicted octanol–water partition coefficient (Wildman–Crippen LogP) is 2.23. The van der Waals surface area contributed by atoms with Crippen molar-refractivity contribution in [2.75, 3.05) is 26.2 Å². The van der Waals surface area contributed by atoms with Gasteiger partial charge in [-0.05, 0) is 37.8 Å². The predicted molar refractivity (Wildman–Crippen MR) is 118 cm³/mol. The van der Waals surface area contributed by atoms with Crippen molar-refractivity contribution in [2.24, 2.45) is 17.6 Å². The summed E-state index contributed by atoms with van der Waals surface area (Å²) in [6.07, 6.45) is 4.56. The number of carbonyl (C=O) groups is 3. The van der Waals surface area contributed by atoms with Crippen LogP contribution >= 0.6 is 12.4 Å². The smallest absolute Gasteiger partial charge is 0.304 e. The van der Waals surface area contributed by atoms with Gasteiger partial charge in [-0.2, -0.15) is 0 Å². The average Bonchev–Trinajstić information content (AvgIpc) is 2.99. The first-order valence-corrected chi connectivity index (χ1v) is 10.5. The summed E-state index contributed by atoms with van der Waals surface area (Å²) in [6, 6.07) is 10.1. The number of hydrogen-bond acceptors (Lipinski definition) is 4. The molecule has 0 aromatic heterocycles. The molecule has 1 aromatic carbocycles. The standard InChI is InChI=1S/C22H33N3O4.ClH/c23-12-6-2-5-11-20(26)24-15-18-16-25(22(29)19(18)14-21(27)28)13-7-10-17-8-3-1-4-9-17;/h1,3-4,8-9,18-19H,2,5-7,10-16,23H2,(H,24,26)(H,27,28);1H/t18-,19+;/m1./s1. The third-order valence-corrected chi connectivity index (χ3v) is 5.45. The van der Waals surface area contributed by atoms with Gasteiger partial charge < -0.3 is 21.1 Å². The number of aliphatic carboxylic acids is 1. The third-order valence-electron chi connectivity index (χ3n) is 5.45. The van der Waals surface area contributed by atoms with Crippen molar-refractivity contribution in [1.82, 2.24) is 10.2 Å². The molecule has 0 unspecified atom stereocenters. The Labute approximate surface area is 184 Å². The van der Waals surface area contributed by atoms with Crippen LogP contribution in [0.3, 0.4) is 0 Å². The van der Waals surface area contributed by atoms with Gasteiger partial charge in [-0.15, -0.1) is 12.4 Å². The SMILES string of the molecule is Cl.NCCCCCC(=O)NC[C@@H]1CN(CCCc2ccccc2)C(=O)[C@H]1CC(=O)O. The van der Waals surface area contributed by atoms with Gasteiger partial charge in [-0.25, -0.2) is 0 Å². The number of nitrogens with two attached hydrogens (primary N) is 1. The number of amides is 2. The van der Waals surface area contributed by atoms with E-state index in [1.807, 2.05) is 18.2 Å². The minimum atomic E-state index is -0.979. The van der Waals surface area contributed by atoms with E-state index in [2.05, 4.69) is 17.4 Å². The molecule has 2 amide bonds. The lowest BCUT2D eigenvalue weighted by Gasteiger charge is -2.17. The van der Waals surface area contributed by atoms with Crippen molar-refractivity contribution < 1.29 is 19.5 Å². The minimum Gasteiger partial charge on any atom is -0.481 e. The first-order chi connectivity index (χ1) is 14.0. The summed E-state index contributed by atoms with van der Waals surface area (Å²) in [7, 11) is 0. The number of rotatable bonds is 13. The number of carbonyl (C=O) groups excluding carboxylic acids is 2. The second kappa shape index (κ2) is 14.0. The van der Waals surface area contributed by atoms with Crippen LogP contribution in [0.2, 0.25) is 0 Å². The van der Waals surface area contributed by atoms with Gasteiger partial charge in [0.15, 0.2) is 0 Å². The van der Waals surface area contributed by atoms with Crippen LogP contribution in [0.4, 0.5) is 0 Å². The van der Waals surface area contributed by atoms with Crippen molar-refractivity contribution >= 4 is 30.2 Å². The van der Waals surface area contributed by atoms with Crippen molar-refractivity contribution in [3.63, 3.8) is 0 Å². The maximum Gasteiger partial charge on any atom is 0.304 e. The Balaban J connectivity index is 0.00000450. The molecule has 1 aromatic rings. The third kappa shape index (κ3) is 8.71. The number of nitrogens with one attached hydrogen (secondary N) is 1. The molecule has 1 heterocycles. The van der Waals surface area contributed by atoms with Gasteiger partial charge in [0.25, 0.3) is 0 Å². The second-order valence-corrected chi connectivity index (χ2v) is 7.74. The van der Waals surface area contributed by atoms with Crippen LogP contribution in [0.15, 0.2) is 30.3 Å². The molecule has 7 nitrogen and oxygen atoms in total. The molecule has 4 N–H and O–H groups in total.